The Morgan fingerprint density at radius 1 is 1.24 bits per heavy atom. The van der Waals surface area contributed by atoms with Crippen LogP contribution >= 0.6 is 11.3 Å². The van der Waals surface area contributed by atoms with Crippen LogP contribution in [0.2, 0.25) is 0 Å². The molecule has 0 fully saturated rings. The van der Waals surface area contributed by atoms with Crippen molar-refractivity contribution in [3.8, 4) is 0 Å². The maximum atomic E-state index is 12.3. The van der Waals surface area contributed by atoms with Gasteiger partial charge in [0, 0.05) is 16.6 Å². The highest BCUT2D eigenvalue weighted by Gasteiger charge is 2.25. The van der Waals surface area contributed by atoms with E-state index in [-0.39, 0.29) is 11.9 Å². The van der Waals surface area contributed by atoms with Crippen LogP contribution in [0, 0.1) is 0 Å². The quantitative estimate of drug-likeness (QED) is 0.736. The lowest BCUT2D eigenvalue weighted by atomic mass is 9.91. The first-order valence-corrected chi connectivity index (χ1v) is 8.15. The summed E-state index contributed by atoms with van der Waals surface area (Å²) in [4.78, 5) is 16.6. The zero-order chi connectivity index (χ0) is 14.2. The highest BCUT2D eigenvalue weighted by atomic mass is 32.1. The second-order valence-corrected chi connectivity index (χ2v) is 6.41. The minimum atomic E-state index is 0.0292. The van der Waals surface area contributed by atoms with Crippen molar-refractivity contribution in [1.82, 2.24) is 10.3 Å². The lowest BCUT2D eigenvalue weighted by Gasteiger charge is -2.23. The van der Waals surface area contributed by atoms with Gasteiger partial charge in [0.15, 0.2) is 0 Å². The van der Waals surface area contributed by atoms with Crippen LogP contribution < -0.4 is 5.32 Å². The number of hydrogen-bond acceptors (Lipinski definition) is 2. The molecule has 3 nitrogen and oxygen atoms in total. The number of nitrogens with one attached hydrogen (secondary N) is 2. The highest BCUT2D eigenvalue weighted by molar-refractivity contribution is 7.12. The molecule has 3 aromatic rings. The van der Waals surface area contributed by atoms with E-state index in [0.717, 1.165) is 24.1 Å². The number of carbonyl (C=O) groups is 1. The molecule has 0 aliphatic heterocycles. The molecule has 1 atom stereocenters. The summed E-state index contributed by atoms with van der Waals surface area (Å²) in [6, 6.07) is 12.3. The van der Waals surface area contributed by atoms with Crippen LogP contribution in [0.15, 0.2) is 41.8 Å². The first kappa shape index (κ1) is 12.7. The van der Waals surface area contributed by atoms with Gasteiger partial charge in [0.2, 0.25) is 0 Å². The Hall–Kier alpha value is -2.07. The topological polar surface area (TPSA) is 44.9 Å². The summed E-state index contributed by atoms with van der Waals surface area (Å²) in [7, 11) is 0. The first-order valence-electron chi connectivity index (χ1n) is 7.27. The number of benzene rings is 1. The van der Waals surface area contributed by atoms with Crippen molar-refractivity contribution < 1.29 is 4.79 Å². The maximum absolute atomic E-state index is 12.3. The Bertz CT molecular complexity index is 788. The van der Waals surface area contributed by atoms with E-state index >= 15 is 0 Å². The molecular formula is C17H16N2OS. The number of aromatic nitrogens is 1. The molecule has 1 amide bonds. The molecular weight excluding hydrogens is 280 g/mol. The van der Waals surface area contributed by atoms with Gasteiger partial charge in [0.05, 0.1) is 10.9 Å². The summed E-state index contributed by atoms with van der Waals surface area (Å²) >= 11 is 1.48. The van der Waals surface area contributed by atoms with Crippen molar-refractivity contribution in [1.29, 1.82) is 0 Å². The van der Waals surface area contributed by atoms with E-state index in [2.05, 4.69) is 28.5 Å². The van der Waals surface area contributed by atoms with E-state index in [1.54, 1.807) is 0 Å². The number of para-hydroxylation sites is 1. The summed E-state index contributed by atoms with van der Waals surface area (Å²) in [5.74, 6) is 0.0292. The fourth-order valence-electron chi connectivity index (χ4n) is 3.20. The largest absolute Gasteiger partial charge is 0.356 e. The Labute approximate surface area is 127 Å². The van der Waals surface area contributed by atoms with Crippen LogP contribution in [0.5, 0.6) is 0 Å². The molecule has 1 aliphatic rings. The summed E-state index contributed by atoms with van der Waals surface area (Å²) in [5, 5.41) is 6.41. The van der Waals surface area contributed by atoms with Gasteiger partial charge in [-0.2, -0.15) is 0 Å². The number of rotatable bonds is 2. The normalized spacial score (nSPS) is 17.6. The second-order valence-electron chi connectivity index (χ2n) is 5.46. The second kappa shape index (κ2) is 5.04. The number of amides is 1. The predicted octanol–water partition coefficient (Wildman–Crippen LogP) is 4.04. The Morgan fingerprint density at radius 3 is 3.00 bits per heavy atom. The molecule has 0 bridgehead atoms. The van der Waals surface area contributed by atoms with Gasteiger partial charge in [0.1, 0.15) is 0 Å². The van der Waals surface area contributed by atoms with Crippen LogP contribution in [0.4, 0.5) is 0 Å². The Balaban J connectivity index is 1.68. The zero-order valence-electron chi connectivity index (χ0n) is 11.6. The van der Waals surface area contributed by atoms with Crippen LogP contribution in [-0.2, 0) is 6.42 Å². The third-order valence-electron chi connectivity index (χ3n) is 4.16. The Morgan fingerprint density at radius 2 is 2.14 bits per heavy atom. The van der Waals surface area contributed by atoms with Crippen molar-refractivity contribution in [3.05, 3.63) is 57.9 Å². The molecule has 4 heteroatoms. The van der Waals surface area contributed by atoms with Crippen molar-refractivity contribution in [2.45, 2.75) is 25.3 Å². The number of fused-ring (bicyclic) bond motifs is 3. The summed E-state index contributed by atoms with van der Waals surface area (Å²) < 4.78 is 0. The molecule has 1 aliphatic carbocycles. The van der Waals surface area contributed by atoms with Gasteiger partial charge in [-0.1, -0.05) is 24.3 Å². The van der Waals surface area contributed by atoms with E-state index in [4.69, 9.17) is 0 Å². The van der Waals surface area contributed by atoms with E-state index in [9.17, 15) is 4.79 Å². The third-order valence-corrected chi connectivity index (χ3v) is 5.03. The average molecular weight is 296 g/mol. The molecule has 1 unspecified atom stereocenters. The number of H-pyrrole nitrogens is 1. The van der Waals surface area contributed by atoms with Crippen molar-refractivity contribution in [2.75, 3.05) is 0 Å². The van der Waals surface area contributed by atoms with Crippen molar-refractivity contribution in [3.63, 3.8) is 0 Å². The number of hydrogen-bond donors (Lipinski definition) is 2. The van der Waals surface area contributed by atoms with Crippen LogP contribution in [-0.4, -0.2) is 10.9 Å². The molecule has 21 heavy (non-hydrogen) atoms. The van der Waals surface area contributed by atoms with Crippen LogP contribution in [0.3, 0.4) is 0 Å². The lowest BCUT2D eigenvalue weighted by Crippen LogP contribution is -2.30. The molecule has 1 aromatic carbocycles. The van der Waals surface area contributed by atoms with Crippen molar-refractivity contribution >= 4 is 28.1 Å². The summed E-state index contributed by atoms with van der Waals surface area (Å²) in [6.45, 7) is 0. The average Bonchev–Trinajstić information content (AvgIpc) is 3.15. The van der Waals surface area contributed by atoms with Gasteiger partial charge in [-0.25, -0.2) is 0 Å². The molecule has 2 aromatic heterocycles. The minimum Gasteiger partial charge on any atom is -0.356 e. The van der Waals surface area contributed by atoms with Crippen LogP contribution in [0.25, 0.3) is 10.9 Å². The first-order chi connectivity index (χ1) is 10.3. The summed E-state index contributed by atoms with van der Waals surface area (Å²) in [5.41, 5.74) is 3.72. The van der Waals surface area contributed by atoms with Crippen LogP contribution in [0.1, 0.15) is 39.8 Å². The highest BCUT2D eigenvalue weighted by Crippen LogP contribution is 2.34. The third kappa shape index (κ3) is 2.16. The van der Waals surface area contributed by atoms with Gasteiger partial charge in [0.25, 0.3) is 5.91 Å². The molecule has 0 spiro atoms. The van der Waals surface area contributed by atoms with Gasteiger partial charge < -0.3 is 10.3 Å². The molecule has 4 rings (SSSR count). The van der Waals surface area contributed by atoms with Gasteiger partial charge in [-0.15, -0.1) is 11.3 Å². The number of aromatic amines is 1. The molecule has 0 saturated carbocycles. The predicted molar refractivity (Wildman–Crippen MR) is 85.8 cm³/mol. The Kier molecular flexibility index (Phi) is 3.04. The molecule has 0 saturated heterocycles. The fourth-order valence-corrected chi connectivity index (χ4v) is 3.82. The smallest absolute Gasteiger partial charge is 0.261 e. The van der Waals surface area contributed by atoms with E-state index in [1.807, 2.05) is 23.6 Å². The van der Waals surface area contributed by atoms with Gasteiger partial charge in [-0.05, 0) is 42.3 Å². The zero-order valence-corrected chi connectivity index (χ0v) is 12.4. The molecule has 2 N–H and O–H groups in total. The number of aryl methyl sites for hydroxylation is 1. The van der Waals surface area contributed by atoms with Gasteiger partial charge in [-0.3, -0.25) is 4.79 Å². The number of carbonyl (C=O) groups excluding carboxylic acids is 1. The SMILES string of the molecule is O=C(NC1CCCc2c1[nH]c1ccccc21)c1cccs1. The van der Waals surface area contributed by atoms with E-state index in [1.165, 1.54) is 33.5 Å². The minimum absolute atomic E-state index is 0.0292. The number of thiophene rings is 1. The molecule has 0 radical (unpaired) electrons. The summed E-state index contributed by atoms with van der Waals surface area (Å²) in [6.07, 6.45) is 3.20. The fraction of sp³-hybridized carbons (Fsp3) is 0.235. The maximum Gasteiger partial charge on any atom is 0.261 e. The lowest BCUT2D eigenvalue weighted by molar-refractivity contribution is 0.0936. The van der Waals surface area contributed by atoms with E-state index < -0.39 is 0 Å². The molecule has 106 valence electrons. The standard InChI is InChI=1S/C17H16N2OS/c20-17(15-9-4-10-21-15)19-14-8-3-6-12-11-5-1-2-7-13(11)18-16(12)14/h1-2,4-5,7,9-10,14,18H,3,6,8H2,(H,19,20). The van der Waals surface area contributed by atoms with E-state index in [0.29, 0.717) is 0 Å². The monoisotopic (exact) mass is 296 g/mol. The van der Waals surface area contributed by atoms with Gasteiger partial charge >= 0.3 is 0 Å². The van der Waals surface area contributed by atoms with Crippen molar-refractivity contribution in [2.24, 2.45) is 0 Å². The molecule has 2 heterocycles.